The molecule has 0 saturated carbocycles. The zero-order chi connectivity index (χ0) is 11.1. The maximum absolute atomic E-state index is 5.41. The molecule has 0 atom stereocenters. The Labute approximate surface area is 93.7 Å². The average molecular weight is 215 g/mol. The summed E-state index contributed by atoms with van der Waals surface area (Å²) in [6, 6.07) is 0. The SMILES string of the molecule is CCOCOCN1CCC(C(C)C)CC1. The van der Waals surface area contributed by atoms with Crippen LogP contribution >= 0.6 is 0 Å². The molecule has 0 amide bonds. The molecule has 0 aliphatic carbocycles. The van der Waals surface area contributed by atoms with E-state index in [1.807, 2.05) is 6.92 Å². The summed E-state index contributed by atoms with van der Waals surface area (Å²) >= 11 is 0. The van der Waals surface area contributed by atoms with Gasteiger partial charge in [0.05, 0.1) is 0 Å². The highest BCUT2D eigenvalue weighted by molar-refractivity contribution is 4.72. The summed E-state index contributed by atoms with van der Waals surface area (Å²) in [5, 5.41) is 0. The largest absolute Gasteiger partial charge is 0.356 e. The first-order valence-corrected chi connectivity index (χ1v) is 6.12. The van der Waals surface area contributed by atoms with Crippen LogP contribution in [0.15, 0.2) is 0 Å². The van der Waals surface area contributed by atoms with Crippen LogP contribution in [0.2, 0.25) is 0 Å². The van der Waals surface area contributed by atoms with Crippen LogP contribution in [0, 0.1) is 11.8 Å². The lowest BCUT2D eigenvalue weighted by molar-refractivity contribution is -0.0924. The summed E-state index contributed by atoms with van der Waals surface area (Å²) in [5.74, 6) is 1.74. The number of hydrogen-bond acceptors (Lipinski definition) is 3. The van der Waals surface area contributed by atoms with Crippen molar-refractivity contribution < 1.29 is 9.47 Å². The van der Waals surface area contributed by atoms with Crippen molar-refractivity contribution in [2.75, 3.05) is 33.2 Å². The van der Waals surface area contributed by atoms with Crippen molar-refractivity contribution in [1.29, 1.82) is 0 Å². The molecular formula is C12H25NO2. The molecular weight excluding hydrogens is 190 g/mol. The van der Waals surface area contributed by atoms with Gasteiger partial charge in [0.2, 0.25) is 0 Å². The summed E-state index contributed by atoms with van der Waals surface area (Å²) in [6.45, 7) is 10.9. The third-order valence-corrected chi connectivity index (χ3v) is 3.22. The van der Waals surface area contributed by atoms with Gasteiger partial charge in [0.25, 0.3) is 0 Å². The van der Waals surface area contributed by atoms with Crippen LogP contribution in [0.25, 0.3) is 0 Å². The third kappa shape index (κ3) is 4.96. The van der Waals surface area contributed by atoms with E-state index in [1.165, 1.54) is 25.9 Å². The van der Waals surface area contributed by atoms with E-state index in [0.717, 1.165) is 25.2 Å². The van der Waals surface area contributed by atoms with Gasteiger partial charge in [-0.05, 0) is 31.6 Å². The van der Waals surface area contributed by atoms with Gasteiger partial charge in [-0.15, -0.1) is 0 Å². The lowest BCUT2D eigenvalue weighted by atomic mass is 9.87. The second kappa shape index (κ2) is 7.20. The van der Waals surface area contributed by atoms with Crippen molar-refractivity contribution in [3.63, 3.8) is 0 Å². The number of rotatable bonds is 6. The third-order valence-electron chi connectivity index (χ3n) is 3.22. The molecule has 0 spiro atoms. The Morgan fingerprint density at radius 1 is 1.20 bits per heavy atom. The second-order valence-electron chi connectivity index (χ2n) is 4.64. The summed E-state index contributed by atoms with van der Waals surface area (Å²) in [4.78, 5) is 2.37. The highest BCUT2D eigenvalue weighted by Gasteiger charge is 2.21. The average Bonchev–Trinajstić information content (AvgIpc) is 2.25. The second-order valence-corrected chi connectivity index (χ2v) is 4.64. The number of piperidine rings is 1. The molecule has 0 aromatic heterocycles. The first kappa shape index (κ1) is 12.9. The highest BCUT2D eigenvalue weighted by Crippen LogP contribution is 2.23. The predicted molar refractivity (Wildman–Crippen MR) is 61.6 cm³/mol. The lowest BCUT2D eigenvalue weighted by Gasteiger charge is -2.33. The van der Waals surface area contributed by atoms with Gasteiger partial charge in [-0.1, -0.05) is 13.8 Å². The van der Waals surface area contributed by atoms with Crippen LogP contribution in [-0.4, -0.2) is 38.1 Å². The predicted octanol–water partition coefficient (Wildman–Crippen LogP) is 2.32. The Morgan fingerprint density at radius 2 is 1.87 bits per heavy atom. The van der Waals surface area contributed by atoms with Gasteiger partial charge < -0.3 is 9.47 Å². The zero-order valence-corrected chi connectivity index (χ0v) is 10.4. The molecule has 15 heavy (non-hydrogen) atoms. The Morgan fingerprint density at radius 3 is 2.40 bits per heavy atom. The molecule has 1 aliphatic rings. The molecule has 1 rings (SSSR count). The van der Waals surface area contributed by atoms with E-state index >= 15 is 0 Å². The highest BCUT2D eigenvalue weighted by atomic mass is 16.7. The molecule has 0 radical (unpaired) electrons. The standard InChI is InChI=1S/C12H25NO2/c1-4-14-10-15-9-13-7-5-12(6-8-13)11(2)3/h11-12H,4-10H2,1-3H3. The van der Waals surface area contributed by atoms with Gasteiger partial charge >= 0.3 is 0 Å². The molecule has 1 saturated heterocycles. The summed E-state index contributed by atoms with van der Waals surface area (Å²) < 4.78 is 10.5. The van der Waals surface area contributed by atoms with Gasteiger partial charge in [-0.25, -0.2) is 0 Å². The van der Waals surface area contributed by atoms with E-state index in [0.29, 0.717) is 6.79 Å². The topological polar surface area (TPSA) is 21.7 Å². The summed E-state index contributed by atoms with van der Waals surface area (Å²) in [5.41, 5.74) is 0. The zero-order valence-electron chi connectivity index (χ0n) is 10.4. The van der Waals surface area contributed by atoms with Crippen LogP contribution in [0.1, 0.15) is 33.6 Å². The minimum absolute atomic E-state index is 0.431. The molecule has 0 aromatic carbocycles. The van der Waals surface area contributed by atoms with Crippen molar-refractivity contribution in [2.45, 2.75) is 33.6 Å². The molecule has 0 aromatic rings. The molecule has 0 bridgehead atoms. The first-order chi connectivity index (χ1) is 7.24. The van der Waals surface area contributed by atoms with E-state index in [1.54, 1.807) is 0 Å². The molecule has 1 fully saturated rings. The van der Waals surface area contributed by atoms with Crippen LogP contribution < -0.4 is 0 Å². The summed E-state index contributed by atoms with van der Waals surface area (Å²) in [6.07, 6.45) is 2.63. The maximum atomic E-state index is 5.41. The fraction of sp³-hybridized carbons (Fsp3) is 1.00. The fourth-order valence-corrected chi connectivity index (χ4v) is 2.06. The van der Waals surface area contributed by atoms with Gasteiger partial charge in [0.1, 0.15) is 13.5 Å². The van der Waals surface area contributed by atoms with Crippen molar-refractivity contribution in [3.8, 4) is 0 Å². The fourth-order valence-electron chi connectivity index (χ4n) is 2.06. The van der Waals surface area contributed by atoms with Gasteiger partial charge in [0, 0.05) is 19.7 Å². The van der Waals surface area contributed by atoms with Crippen molar-refractivity contribution in [1.82, 2.24) is 4.90 Å². The number of ether oxygens (including phenoxy) is 2. The smallest absolute Gasteiger partial charge is 0.148 e. The molecule has 1 heterocycles. The quantitative estimate of drug-likeness (QED) is 0.501. The van der Waals surface area contributed by atoms with Gasteiger partial charge in [0.15, 0.2) is 0 Å². The Bertz CT molecular complexity index is 154. The van der Waals surface area contributed by atoms with Crippen molar-refractivity contribution in [3.05, 3.63) is 0 Å². The number of hydrogen-bond donors (Lipinski definition) is 0. The first-order valence-electron chi connectivity index (χ1n) is 6.12. The van der Waals surface area contributed by atoms with Crippen molar-refractivity contribution >= 4 is 0 Å². The van der Waals surface area contributed by atoms with Crippen LogP contribution in [0.3, 0.4) is 0 Å². The minimum atomic E-state index is 0.431. The maximum Gasteiger partial charge on any atom is 0.148 e. The number of likely N-dealkylation sites (tertiary alicyclic amines) is 1. The molecule has 0 N–H and O–H groups in total. The van der Waals surface area contributed by atoms with Crippen molar-refractivity contribution in [2.24, 2.45) is 11.8 Å². The molecule has 3 heteroatoms. The van der Waals surface area contributed by atoms with Crippen LogP contribution in [0.4, 0.5) is 0 Å². The van der Waals surface area contributed by atoms with E-state index in [9.17, 15) is 0 Å². The lowest BCUT2D eigenvalue weighted by Crippen LogP contribution is -2.36. The Balaban J connectivity index is 2.04. The van der Waals surface area contributed by atoms with E-state index in [-0.39, 0.29) is 0 Å². The van der Waals surface area contributed by atoms with Crippen LogP contribution in [0.5, 0.6) is 0 Å². The van der Waals surface area contributed by atoms with Crippen LogP contribution in [-0.2, 0) is 9.47 Å². The molecule has 3 nitrogen and oxygen atoms in total. The van der Waals surface area contributed by atoms with E-state index < -0.39 is 0 Å². The number of nitrogens with zero attached hydrogens (tertiary/aromatic N) is 1. The van der Waals surface area contributed by atoms with E-state index in [2.05, 4.69) is 18.7 Å². The molecule has 1 aliphatic heterocycles. The van der Waals surface area contributed by atoms with Gasteiger partial charge in [-0.2, -0.15) is 0 Å². The normalized spacial score (nSPS) is 20.0. The minimum Gasteiger partial charge on any atom is -0.356 e. The molecule has 90 valence electrons. The molecule has 0 unspecified atom stereocenters. The summed E-state index contributed by atoms with van der Waals surface area (Å²) in [7, 11) is 0. The van der Waals surface area contributed by atoms with E-state index in [4.69, 9.17) is 9.47 Å². The van der Waals surface area contributed by atoms with Gasteiger partial charge in [-0.3, -0.25) is 4.90 Å². The Kier molecular flexibility index (Phi) is 6.22. The monoisotopic (exact) mass is 215 g/mol. The Hall–Kier alpha value is -0.120.